The van der Waals surface area contributed by atoms with E-state index in [2.05, 4.69) is 48.0 Å². The Morgan fingerprint density at radius 3 is 2.63 bits per heavy atom. The molecule has 1 aromatic heterocycles. The summed E-state index contributed by atoms with van der Waals surface area (Å²) in [5.41, 5.74) is 1.16. The number of nitrogens with one attached hydrogen (secondary N) is 1. The summed E-state index contributed by atoms with van der Waals surface area (Å²) >= 11 is 0. The minimum Gasteiger partial charge on any atom is -0.356 e. The van der Waals surface area contributed by atoms with Gasteiger partial charge >= 0.3 is 0 Å². The molecule has 2 rings (SSSR count). The van der Waals surface area contributed by atoms with Crippen molar-refractivity contribution in [2.75, 3.05) is 23.8 Å². The van der Waals surface area contributed by atoms with Gasteiger partial charge in [-0.25, -0.2) is 4.98 Å². The average Bonchev–Trinajstić information content (AvgIpc) is 2.41. The molecule has 1 fully saturated rings. The van der Waals surface area contributed by atoms with Gasteiger partial charge in [-0.05, 0) is 45.4 Å². The highest BCUT2D eigenvalue weighted by molar-refractivity contribution is 5.49. The zero-order valence-electron chi connectivity index (χ0n) is 12.6. The molecule has 0 amide bonds. The van der Waals surface area contributed by atoms with E-state index < -0.39 is 0 Å². The van der Waals surface area contributed by atoms with Gasteiger partial charge in [0.25, 0.3) is 0 Å². The van der Waals surface area contributed by atoms with Crippen LogP contribution in [0.1, 0.15) is 45.1 Å². The number of nitrogens with zero attached hydrogens (tertiary/aromatic N) is 3. The van der Waals surface area contributed by atoms with Crippen molar-refractivity contribution in [2.45, 2.75) is 52.5 Å². The molecule has 0 bridgehead atoms. The quantitative estimate of drug-likeness (QED) is 0.904. The lowest BCUT2D eigenvalue weighted by molar-refractivity contribution is 0.340. The maximum atomic E-state index is 4.66. The molecule has 0 atom stereocenters. The van der Waals surface area contributed by atoms with Crippen LogP contribution in [0.2, 0.25) is 0 Å². The Labute approximate surface area is 116 Å². The number of anilines is 2. The standard InChI is InChI=1S/C15H26N4/c1-5-16-15-17-10-12(3)14(18-15)19(4)13-8-6-11(2)7-9-13/h10-11,13H,5-9H2,1-4H3,(H,16,17,18). The maximum Gasteiger partial charge on any atom is 0.224 e. The van der Waals surface area contributed by atoms with E-state index in [1.165, 1.54) is 25.7 Å². The fourth-order valence-corrected chi connectivity index (χ4v) is 2.84. The highest BCUT2D eigenvalue weighted by Gasteiger charge is 2.23. The molecule has 1 aliphatic rings. The highest BCUT2D eigenvalue weighted by atomic mass is 15.2. The lowest BCUT2D eigenvalue weighted by atomic mass is 9.87. The molecule has 0 spiro atoms. The van der Waals surface area contributed by atoms with Crippen LogP contribution in [0.25, 0.3) is 0 Å². The minimum absolute atomic E-state index is 0.624. The van der Waals surface area contributed by atoms with Crippen LogP contribution >= 0.6 is 0 Å². The summed E-state index contributed by atoms with van der Waals surface area (Å²) in [5.74, 6) is 2.69. The molecule has 106 valence electrons. The summed E-state index contributed by atoms with van der Waals surface area (Å²) in [6.07, 6.45) is 7.13. The zero-order valence-corrected chi connectivity index (χ0v) is 12.6. The first-order valence-corrected chi connectivity index (χ1v) is 7.42. The Morgan fingerprint density at radius 1 is 1.32 bits per heavy atom. The van der Waals surface area contributed by atoms with Crippen LogP contribution < -0.4 is 10.2 Å². The van der Waals surface area contributed by atoms with E-state index >= 15 is 0 Å². The molecule has 0 unspecified atom stereocenters. The molecule has 1 aromatic rings. The number of hydrogen-bond acceptors (Lipinski definition) is 4. The van der Waals surface area contributed by atoms with Crippen molar-refractivity contribution >= 4 is 11.8 Å². The Morgan fingerprint density at radius 2 is 2.00 bits per heavy atom. The van der Waals surface area contributed by atoms with E-state index in [4.69, 9.17) is 0 Å². The molecule has 1 N–H and O–H groups in total. The SMILES string of the molecule is CCNc1ncc(C)c(N(C)C2CCC(C)CC2)n1. The van der Waals surface area contributed by atoms with Crippen LogP contribution in [0.5, 0.6) is 0 Å². The van der Waals surface area contributed by atoms with Crippen molar-refractivity contribution < 1.29 is 0 Å². The van der Waals surface area contributed by atoms with Crippen molar-refractivity contribution in [3.63, 3.8) is 0 Å². The van der Waals surface area contributed by atoms with Gasteiger partial charge in [-0.3, -0.25) is 0 Å². The third kappa shape index (κ3) is 3.37. The molecular weight excluding hydrogens is 236 g/mol. The van der Waals surface area contributed by atoms with E-state index in [-0.39, 0.29) is 0 Å². The fourth-order valence-electron chi connectivity index (χ4n) is 2.84. The van der Waals surface area contributed by atoms with Crippen LogP contribution in [0, 0.1) is 12.8 Å². The van der Waals surface area contributed by atoms with E-state index in [9.17, 15) is 0 Å². The number of aromatic nitrogens is 2. The van der Waals surface area contributed by atoms with Gasteiger partial charge in [0, 0.05) is 31.4 Å². The van der Waals surface area contributed by atoms with E-state index in [0.717, 1.165) is 29.8 Å². The molecule has 19 heavy (non-hydrogen) atoms. The second-order valence-electron chi connectivity index (χ2n) is 5.76. The molecule has 0 saturated heterocycles. The summed E-state index contributed by atoms with van der Waals surface area (Å²) < 4.78 is 0. The highest BCUT2D eigenvalue weighted by Crippen LogP contribution is 2.29. The molecule has 4 nitrogen and oxygen atoms in total. The molecule has 1 saturated carbocycles. The van der Waals surface area contributed by atoms with Gasteiger partial charge in [0.05, 0.1) is 0 Å². The van der Waals surface area contributed by atoms with Crippen molar-refractivity contribution in [3.05, 3.63) is 11.8 Å². The normalized spacial score (nSPS) is 23.2. The van der Waals surface area contributed by atoms with Gasteiger partial charge < -0.3 is 10.2 Å². The van der Waals surface area contributed by atoms with E-state index in [0.29, 0.717) is 6.04 Å². The number of rotatable bonds is 4. The largest absolute Gasteiger partial charge is 0.356 e. The smallest absolute Gasteiger partial charge is 0.224 e. The predicted octanol–water partition coefficient (Wildman–Crippen LogP) is 3.23. The Hall–Kier alpha value is -1.32. The van der Waals surface area contributed by atoms with Crippen molar-refractivity contribution in [2.24, 2.45) is 5.92 Å². The summed E-state index contributed by atoms with van der Waals surface area (Å²) in [7, 11) is 2.17. The van der Waals surface area contributed by atoms with Gasteiger partial charge in [-0.1, -0.05) is 6.92 Å². The summed E-state index contributed by atoms with van der Waals surface area (Å²) in [6, 6.07) is 0.624. The van der Waals surface area contributed by atoms with Crippen LogP contribution in [0.15, 0.2) is 6.20 Å². The van der Waals surface area contributed by atoms with E-state index in [1.807, 2.05) is 6.20 Å². The maximum absolute atomic E-state index is 4.66. The van der Waals surface area contributed by atoms with Gasteiger partial charge in [0.15, 0.2) is 0 Å². The molecular formula is C15H26N4. The number of aryl methyl sites for hydroxylation is 1. The second kappa shape index (κ2) is 6.22. The average molecular weight is 262 g/mol. The molecule has 1 heterocycles. The fraction of sp³-hybridized carbons (Fsp3) is 0.733. The first-order valence-electron chi connectivity index (χ1n) is 7.42. The summed E-state index contributed by atoms with van der Waals surface area (Å²) in [4.78, 5) is 11.3. The topological polar surface area (TPSA) is 41.1 Å². The van der Waals surface area contributed by atoms with Crippen molar-refractivity contribution in [1.82, 2.24) is 9.97 Å². The molecule has 0 radical (unpaired) electrons. The van der Waals surface area contributed by atoms with Gasteiger partial charge in [0.2, 0.25) is 5.95 Å². The van der Waals surface area contributed by atoms with Crippen LogP contribution in [-0.2, 0) is 0 Å². The Balaban J connectivity index is 2.13. The third-order valence-corrected chi connectivity index (χ3v) is 4.15. The minimum atomic E-state index is 0.624. The third-order valence-electron chi connectivity index (χ3n) is 4.15. The first-order chi connectivity index (χ1) is 9.11. The number of hydrogen-bond donors (Lipinski definition) is 1. The van der Waals surface area contributed by atoms with Crippen molar-refractivity contribution in [1.29, 1.82) is 0 Å². The Bertz CT molecular complexity index is 411. The van der Waals surface area contributed by atoms with E-state index in [1.54, 1.807) is 0 Å². The monoisotopic (exact) mass is 262 g/mol. The van der Waals surface area contributed by atoms with Gasteiger partial charge in [-0.15, -0.1) is 0 Å². The molecule has 0 aliphatic heterocycles. The van der Waals surface area contributed by atoms with Gasteiger partial charge in [0.1, 0.15) is 5.82 Å². The second-order valence-corrected chi connectivity index (χ2v) is 5.76. The predicted molar refractivity (Wildman–Crippen MR) is 80.8 cm³/mol. The van der Waals surface area contributed by atoms with Crippen LogP contribution in [0.3, 0.4) is 0 Å². The van der Waals surface area contributed by atoms with Crippen LogP contribution in [0.4, 0.5) is 11.8 Å². The zero-order chi connectivity index (χ0) is 13.8. The lowest BCUT2D eigenvalue weighted by Gasteiger charge is -2.35. The Kier molecular flexibility index (Phi) is 4.61. The summed E-state index contributed by atoms with van der Waals surface area (Å²) in [5, 5.41) is 3.19. The summed E-state index contributed by atoms with van der Waals surface area (Å²) in [6.45, 7) is 7.37. The lowest BCUT2D eigenvalue weighted by Crippen LogP contribution is -2.36. The molecule has 4 heteroatoms. The van der Waals surface area contributed by atoms with Gasteiger partial charge in [-0.2, -0.15) is 4.98 Å². The first kappa shape index (κ1) is 14.1. The molecule has 0 aromatic carbocycles. The molecule has 1 aliphatic carbocycles. The van der Waals surface area contributed by atoms with Crippen LogP contribution in [-0.4, -0.2) is 29.6 Å². The van der Waals surface area contributed by atoms with Crippen molar-refractivity contribution in [3.8, 4) is 0 Å².